The molecule has 0 bridgehead atoms. The van der Waals surface area contributed by atoms with Crippen molar-refractivity contribution in [1.29, 1.82) is 0 Å². The highest BCUT2D eigenvalue weighted by molar-refractivity contribution is 6.31. The Hall–Kier alpha value is -2.79. The normalized spacial score (nSPS) is 12.3. The van der Waals surface area contributed by atoms with Crippen LogP contribution in [-0.4, -0.2) is 26.7 Å². The molecule has 0 radical (unpaired) electrons. The summed E-state index contributed by atoms with van der Waals surface area (Å²) in [6.45, 7) is 3.65. The van der Waals surface area contributed by atoms with E-state index in [2.05, 4.69) is 0 Å². The van der Waals surface area contributed by atoms with Crippen molar-refractivity contribution in [1.82, 2.24) is 4.57 Å². The minimum absolute atomic E-state index is 0.0248. The summed E-state index contributed by atoms with van der Waals surface area (Å²) < 4.78 is 1.50. The van der Waals surface area contributed by atoms with Crippen LogP contribution in [0.15, 0.2) is 42.5 Å². The molecule has 5 nitrogen and oxygen atoms in total. The fraction of sp³-hybridized carbons (Fsp3) is 0.238. The molecule has 140 valence electrons. The van der Waals surface area contributed by atoms with Gasteiger partial charge in [-0.25, -0.2) is 0 Å². The van der Waals surface area contributed by atoms with Gasteiger partial charge < -0.3 is 10.2 Å². The van der Waals surface area contributed by atoms with Crippen molar-refractivity contribution >= 4 is 34.4 Å². The van der Waals surface area contributed by atoms with Crippen LogP contribution in [0, 0.1) is 6.92 Å². The molecule has 2 N–H and O–H groups in total. The second kappa shape index (κ2) is 7.45. The number of phenolic OH excluding ortho intramolecular Hbond substituents is 1. The lowest BCUT2D eigenvalue weighted by atomic mass is 9.92. The highest BCUT2D eigenvalue weighted by Crippen LogP contribution is 2.36. The average Bonchev–Trinajstić information content (AvgIpc) is 2.90. The number of nitrogens with zero attached hydrogens (tertiary/aromatic N) is 1. The number of carboxylic acid groups (broad SMARTS) is 1. The Morgan fingerprint density at radius 2 is 1.93 bits per heavy atom. The Balaban J connectivity index is 2.29. The van der Waals surface area contributed by atoms with Gasteiger partial charge in [0.1, 0.15) is 5.75 Å². The lowest BCUT2D eigenvalue weighted by Gasteiger charge is -2.13. The largest absolute Gasteiger partial charge is 0.508 e. The number of aromatic hydroxyl groups is 1. The van der Waals surface area contributed by atoms with Crippen molar-refractivity contribution < 1.29 is 19.8 Å². The van der Waals surface area contributed by atoms with Crippen molar-refractivity contribution in [3.63, 3.8) is 0 Å². The maximum absolute atomic E-state index is 13.2. The molecular formula is C21H20ClNO4. The molecule has 0 saturated carbocycles. The fourth-order valence-electron chi connectivity index (χ4n) is 3.56. The first kappa shape index (κ1) is 19.0. The number of halogens is 1. The number of hydrogen-bond donors (Lipinski definition) is 2. The zero-order valence-corrected chi connectivity index (χ0v) is 15.8. The Morgan fingerprint density at radius 3 is 2.56 bits per heavy atom. The number of rotatable bonds is 5. The molecule has 0 spiro atoms. The summed E-state index contributed by atoms with van der Waals surface area (Å²) in [6, 6.07) is 11.3. The third-order valence-corrected chi connectivity index (χ3v) is 4.97. The average molecular weight is 386 g/mol. The maximum Gasteiger partial charge on any atom is 0.311 e. The summed E-state index contributed by atoms with van der Waals surface area (Å²) in [5.41, 5.74) is 2.09. The molecule has 0 aliphatic carbocycles. The second-order valence-corrected chi connectivity index (χ2v) is 6.97. The van der Waals surface area contributed by atoms with Crippen molar-refractivity contribution in [3.8, 4) is 5.75 Å². The molecule has 27 heavy (non-hydrogen) atoms. The van der Waals surface area contributed by atoms with Gasteiger partial charge in [-0.15, -0.1) is 0 Å². The standard InChI is InChI=1S/C21H20ClNO4/c1-3-5-16(21(26)27)19-12(2)23(18-9-8-15(24)11-17(18)19)20(25)13-6-4-7-14(22)10-13/h4,6-11,16,24H,3,5H2,1-2H3,(H,26,27)/t16-/m0/s1. The van der Waals surface area contributed by atoms with E-state index in [1.165, 1.54) is 16.7 Å². The monoisotopic (exact) mass is 385 g/mol. The number of carboxylic acids is 1. The molecule has 0 fully saturated rings. The smallest absolute Gasteiger partial charge is 0.311 e. The predicted molar refractivity (Wildman–Crippen MR) is 105 cm³/mol. The summed E-state index contributed by atoms with van der Waals surface area (Å²) >= 11 is 6.02. The maximum atomic E-state index is 13.2. The van der Waals surface area contributed by atoms with Crippen molar-refractivity contribution in [3.05, 3.63) is 64.3 Å². The minimum Gasteiger partial charge on any atom is -0.508 e. The minimum atomic E-state index is -0.947. The lowest BCUT2D eigenvalue weighted by Crippen LogP contribution is -2.16. The van der Waals surface area contributed by atoms with E-state index in [1.807, 2.05) is 6.92 Å². The van der Waals surface area contributed by atoms with Gasteiger partial charge in [-0.2, -0.15) is 0 Å². The Morgan fingerprint density at radius 1 is 1.19 bits per heavy atom. The predicted octanol–water partition coefficient (Wildman–Crippen LogP) is 4.97. The van der Waals surface area contributed by atoms with E-state index in [9.17, 15) is 19.8 Å². The van der Waals surface area contributed by atoms with Crippen LogP contribution < -0.4 is 0 Å². The van der Waals surface area contributed by atoms with E-state index in [0.717, 1.165) is 0 Å². The quantitative estimate of drug-likeness (QED) is 0.650. The molecule has 6 heteroatoms. The molecular weight excluding hydrogens is 366 g/mol. The summed E-state index contributed by atoms with van der Waals surface area (Å²) in [5, 5.41) is 20.7. The zero-order valence-electron chi connectivity index (χ0n) is 15.1. The SMILES string of the molecule is CCC[C@H](C(=O)O)c1c(C)n(C(=O)c2cccc(Cl)c2)c2ccc(O)cc12. The lowest BCUT2D eigenvalue weighted by molar-refractivity contribution is -0.139. The van der Waals surface area contributed by atoms with Crippen LogP contribution in [0.3, 0.4) is 0 Å². The van der Waals surface area contributed by atoms with Gasteiger partial charge in [0.05, 0.1) is 11.4 Å². The van der Waals surface area contributed by atoms with Gasteiger partial charge in [0.25, 0.3) is 5.91 Å². The molecule has 1 aromatic heterocycles. The molecule has 3 aromatic rings. The second-order valence-electron chi connectivity index (χ2n) is 6.53. The van der Waals surface area contributed by atoms with Gasteiger partial charge in [0.2, 0.25) is 0 Å². The fourth-order valence-corrected chi connectivity index (χ4v) is 3.75. The number of aliphatic carboxylic acids is 1. The Bertz CT molecular complexity index is 1040. The zero-order chi connectivity index (χ0) is 19.7. The number of carbonyl (C=O) groups excluding carboxylic acids is 1. The molecule has 0 aliphatic rings. The first-order chi connectivity index (χ1) is 12.8. The molecule has 0 amide bonds. The molecule has 3 rings (SSSR count). The topological polar surface area (TPSA) is 79.5 Å². The van der Waals surface area contributed by atoms with Crippen molar-refractivity contribution in [2.75, 3.05) is 0 Å². The molecule has 1 atom stereocenters. The van der Waals surface area contributed by atoms with Crippen molar-refractivity contribution in [2.45, 2.75) is 32.6 Å². The number of fused-ring (bicyclic) bond motifs is 1. The molecule has 2 aromatic carbocycles. The molecule has 1 heterocycles. The van der Waals surface area contributed by atoms with Crippen LogP contribution in [0.1, 0.15) is 47.3 Å². The number of benzene rings is 2. The van der Waals surface area contributed by atoms with E-state index in [-0.39, 0.29) is 11.7 Å². The van der Waals surface area contributed by atoms with Crippen LogP contribution in [0.25, 0.3) is 10.9 Å². The summed E-state index contributed by atoms with van der Waals surface area (Å²) in [7, 11) is 0. The van der Waals surface area contributed by atoms with Gasteiger partial charge in [-0.1, -0.05) is 31.0 Å². The highest BCUT2D eigenvalue weighted by atomic mass is 35.5. The van der Waals surface area contributed by atoms with Gasteiger partial charge >= 0.3 is 5.97 Å². The van der Waals surface area contributed by atoms with E-state index >= 15 is 0 Å². The highest BCUT2D eigenvalue weighted by Gasteiger charge is 2.29. The first-order valence-electron chi connectivity index (χ1n) is 8.72. The molecule has 0 unspecified atom stereocenters. The van der Waals surface area contributed by atoms with E-state index in [4.69, 9.17) is 11.6 Å². The van der Waals surface area contributed by atoms with Gasteiger partial charge in [-0.3, -0.25) is 14.2 Å². The van der Waals surface area contributed by atoms with E-state index in [0.29, 0.717) is 45.6 Å². The van der Waals surface area contributed by atoms with Crippen LogP contribution in [0.2, 0.25) is 5.02 Å². The number of hydrogen-bond acceptors (Lipinski definition) is 3. The third kappa shape index (κ3) is 3.43. The Labute approximate surface area is 161 Å². The summed E-state index contributed by atoms with van der Waals surface area (Å²) in [6.07, 6.45) is 1.13. The Kier molecular flexibility index (Phi) is 5.24. The molecule has 0 aliphatic heterocycles. The van der Waals surface area contributed by atoms with Crippen LogP contribution in [0.4, 0.5) is 0 Å². The van der Waals surface area contributed by atoms with Gasteiger partial charge in [0, 0.05) is 21.7 Å². The summed E-state index contributed by atoms with van der Waals surface area (Å²) in [5.74, 6) is -1.97. The van der Waals surface area contributed by atoms with Gasteiger partial charge in [0.15, 0.2) is 0 Å². The van der Waals surface area contributed by atoms with Gasteiger partial charge in [-0.05, 0) is 55.3 Å². The van der Waals surface area contributed by atoms with Crippen molar-refractivity contribution in [2.24, 2.45) is 0 Å². The van der Waals surface area contributed by atoms with Crippen LogP contribution in [-0.2, 0) is 4.79 Å². The van der Waals surface area contributed by atoms with Crippen LogP contribution >= 0.6 is 11.6 Å². The third-order valence-electron chi connectivity index (χ3n) is 4.73. The molecule has 0 saturated heterocycles. The number of aromatic nitrogens is 1. The summed E-state index contributed by atoms with van der Waals surface area (Å²) in [4.78, 5) is 25.1. The number of carbonyl (C=O) groups is 2. The van der Waals surface area contributed by atoms with Crippen LogP contribution in [0.5, 0.6) is 5.75 Å². The van der Waals surface area contributed by atoms with E-state index < -0.39 is 11.9 Å². The first-order valence-corrected chi connectivity index (χ1v) is 9.10. The van der Waals surface area contributed by atoms with E-state index in [1.54, 1.807) is 37.3 Å². The number of phenols is 1.